The lowest BCUT2D eigenvalue weighted by Crippen LogP contribution is -2.42. The van der Waals surface area contributed by atoms with Crippen molar-refractivity contribution < 1.29 is 36.6 Å². The van der Waals surface area contributed by atoms with Gasteiger partial charge in [-0.15, -0.1) is 0 Å². The minimum Gasteiger partial charge on any atom is -0.497 e. The van der Waals surface area contributed by atoms with Crippen LogP contribution in [0, 0.1) is 12.8 Å². The second kappa shape index (κ2) is 9.52. The summed E-state index contributed by atoms with van der Waals surface area (Å²) in [4.78, 5) is 24.3. The number of carbonyl (C=O) groups is 2. The van der Waals surface area contributed by atoms with Crippen LogP contribution in [0.2, 0.25) is 0 Å². The van der Waals surface area contributed by atoms with Gasteiger partial charge in [0.1, 0.15) is 18.1 Å². The van der Waals surface area contributed by atoms with E-state index in [4.69, 9.17) is 13.9 Å². The van der Waals surface area contributed by atoms with E-state index in [1.165, 1.54) is 30.7 Å². The Morgan fingerprint density at radius 2 is 1.90 bits per heavy atom. The number of furan rings is 1. The van der Waals surface area contributed by atoms with Crippen LogP contribution in [0.5, 0.6) is 5.75 Å². The van der Waals surface area contributed by atoms with Crippen LogP contribution >= 0.6 is 0 Å². The van der Waals surface area contributed by atoms with Crippen LogP contribution in [0.15, 0.2) is 39.6 Å². The van der Waals surface area contributed by atoms with E-state index in [0.29, 0.717) is 36.5 Å². The summed E-state index contributed by atoms with van der Waals surface area (Å²) in [6.45, 7) is 1.90. The van der Waals surface area contributed by atoms with E-state index in [2.05, 4.69) is 4.74 Å². The highest BCUT2D eigenvalue weighted by Gasteiger charge is 2.34. The zero-order valence-electron chi connectivity index (χ0n) is 17.6. The standard InChI is InChI=1S/C21H25NO8S/c1-14-11-17(30-19(14)21(24)28-3)13-29-20(23)15-5-4-10-22(12-15)31(25,26)18-8-6-16(27-2)7-9-18/h6-9,11,15H,4-5,10,12-13H2,1-3H3. The van der Waals surface area contributed by atoms with E-state index in [9.17, 15) is 18.0 Å². The fourth-order valence-corrected chi connectivity index (χ4v) is 4.95. The van der Waals surface area contributed by atoms with Gasteiger partial charge in [-0.3, -0.25) is 4.79 Å². The van der Waals surface area contributed by atoms with Gasteiger partial charge < -0.3 is 18.6 Å². The third-order valence-corrected chi connectivity index (χ3v) is 6.99. The summed E-state index contributed by atoms with van der Waals surface area (Å²) in [5.74, 6) is -0.779. The normalized spacial score (nSPS) is 17.2. The summed E-state index contributed by atoms with van der Waals surface area (Å²) in [5.41, 5.74) is 0.576. The van der Waals surface area contributed by atoms with Crippen LogP contribution in [0.1, 0.15) is 34.7 Å². The highest BCUT2D eigenvalue weighted by molar-refractivity contribution is 7.89. The lowest BCUT2D eigenvalue weighted by molar-refractivity contribution is -0.151. The van der Waals surface area contributed by atoms with Crippen LogP contribution in [-0.4, -0.2) is 52.0 Å². The molecular weight excluding hydrogens is 426 g/mol. The molecule has 1 unspecified atom stereocenters. The van der Waals surface area contributed by atoms with Crippen LogP contribution in [-0.2, 0) is 30.9 Å². The molecule has 2 aromatic rings. The number of aryl methyl sites for hydroxylation is 1. The van der Waals surface area contributed by atoms with Crippen LogP contribution in [0.3, 0.4) is 0 Å². The molecule has 0 saturated carbocycles. The van der Waals surface area contributed by atoms with Crippen molar-refractivity contribution in [3.05, 3.63) is 47.4 Å². The molecule has 2 heterocycles. The van der Waals surface area contributed by atoms with Gasteiger partial charge in [-0.1, -0.05) is 0 Å². The smallest absolute Gasteiger partial charge is 0.374 e. The number of carbonyl (C=O) groups excluding carboxylic acids is 2. The molecule has 1 aliphatic rings. The van der Waals surface area contributed by atoms with Gasteiger partial charge in [-0.2, -0.15) is 4.31 Å². The third kappa shape index (κ3) is 5.08. The fraction of sp³-hybridized carbons (Fsp3) is 0.429. The molecule has 0 N–H and O–H groups in total. The Balaban J connectivity index is 1.63. The molecule has 1 aliphatic heterocycles. The van der Waals surface area contributed by atoms with Gasteiger partial charge in [-0.05, 0) is 50.1 Å². The topological polar surface area (TPSA) is 112 Å². The minimum atomic E-state index is -3.74. The molecule has 1 atom stereocenters. The van der Waals surface area contributed by atoms with Crippen molar-refractivity contribution in [2.75, 3.05) is 27.3 Å². The Morgan fingerprint density at radius 1 is 1.19 bits per heavy atom. The highest BCUT2D eigenvalue weighted by Crippen LogP contribution is 2.26. The molecule has 1 aromatic heterocycles. The van der Waals surface area contributed by atoms with Crippen LogP contribution in [0.25, 0.3) is 0 Å². The lowest BCUT2D eigenvalue weighted by atomic mass is 10.00. The maximum atomic E-state index is 12.9. The molecule has 168 valence electrons. The van der Waals surface area contributed by atoms with E-state index >= 15 is 0 Å². The third-order valence-electron chi connectivity index (χ3n) is 5.11. The van der Waals surface area contributed by atoms with Crippen molar-refractivity contribution in [3.63, 3.8) is 0 Å². The first kappa shape index (κ1) is 22.8. The number of nitrogens with zero attached hydrogens (tertiary/aromatic N) is 1. The summed E-state index contributed by atoms with van der Waals surface area (Å²) in [6.07, 6.45) is 1.07. The second-order valence-corrected chi connectivity index (χ2v) is 9.14. The van der Waals surface area contributed by atoms with Crippen LogP contribution in [0.4, 0.5) is 0 Å². The maximum absolute atomic E-state index is 12.9. The number of methoxy groups -OCH3 is 2. The first-order valence-electron chi connectivity index (χ1n) is 9.74. The zero-order valence-corrected chi connectivity index (χ0v) is 18.4. The van der Waals surface area contributed by atoms with E-state index in [0.717, 1.165) is 0 Å². The Morgan fingerprint density at radius 3 is 2.55 bits per heavy atom. The van der Waals surface area contributed by atoms with Crippen molar-refractivity contribution in [2.24, 2.45) is 5.92 Å². The second-order valence-electron chi connectivity index (χ2n) is 7.20. The van der Waals surface area contributed by atoms with E-state index in [-0.39, 0.29) is 23.8 Å². The van der Waals surface area contributed by atoms with Gasteiger partial charge in [-0.25, -0.2) is 13.2 Å². The zero-order chi connectivity index (χ0) is 22.6. The number of hydrogen-bond acceptors (Lipinski definition) is 8. The fourth-order valence-electron chi connectivity index (χ4n) is 3.42. The predicted octanol–water partition coefficient (Wildman–Crippen LogP) is 2.53. The first-order valence-corrected chi connectivity index (χ1v) is 11.2. The van der Waals surface area contributed by atoms with Gasteiger partial charge in [0.25, 0.3) is 0 Å². The Hall–Kier alpha value is -2.85. The van der Waals surface area contributed by atoms with E-state index < -0.39 is 27.9 Å². The summed E-state index contributed by atoms with van der Waals surface area (Å²) in [5, 5.41) is 0. The minimum absolute atomic E-state index is 0.0395. The van der Waals surface area contributed by atoms with Gasteiger partial charge in [0.2, 0.25) is 15.8 Å². The van der Waals surface area contributed by atoms with Gasteiger partial charge in [0.05, 0.1) is 25.0 Å². The van der Waals surface area contributed by atoms with Gasteiger partial charge in [0, 0.05) is 18.7 Å². The molecule has 3 rings (SSSR count). The lowest BCUT2D eigenvalue weighted by Gasteiger charge is -2.30. The molecule has 1 aromatic carbocycles. The Bertz CT molecular complexity index is 1040. The van der Waals surface area contributed by atoms with E-state index in [1.807, 2.05) is 0 Å². The number of benzene rings is 1. The van der Waals surface area contributed by atoms with Crippen molar-refractivity contribution in [1.29, 1.82) is 0 Å². The van der Waals surface area contributed by atoms with Crippen molar-refractivity contribution in [3.8, 4) is 5.75 Å². The molecule has 0 bridgehead atoms. The average molecular weight is 451 g/mol. The monoisotopic (exact) mass is 451 g/mol. The predicted molar refractivity (Wildman–Crippen MR) is 109 cm³/mol. The Labute approximate surface area is 180 Å². The molecule has 1 saturated heterocycles. The summed E-state index contributed by atoms with van der Waals surface area (Å²) < 4.78 is 47.6. The Kier molecular flexibility index (Phi) is 7.01. The summed E-state index contributed by atoms with van der Waals surface area (Å²) in [7, 11) is -0.982. The largest absolute Gasteiger partial charge is 0.497 e. The maximum Gasteiger partial charge on any atom is 0.374 e. The molecule has 0 amide bonds. The molecule has 1 fully saturated rings. The molecule has 31 heavy (non-hydrogen) atoms. The quantitative estimate of drug-likeness (QED) is 0.590. The van der Waals surface area contributed by atoms with Crippen molar-refractivity contribution in [1.82, 2.24) is 4.31 Å². The van der Waals surface area contributed by atoms with Crippen LogP contribution < -0.4 is 4.74 Å². The molecule has 9 nitrogen and oxygen atoms in total. The average Bonchev–Trinajstić information content (AvgIpc) is 3.17. The number of sulfonamides is 1. The number of rotatable bonds is 7. The number of esters is 2. The SMILES string of the molecule is COC(=O)c1oc(COC(=O)C2CCCN(S(=O)(=O)c3ccc(OC)cc3)C2)cc1C. The number of ether oxygens (including phenoxy) is 3. The van der Waals surface area contributed by atoms with Gasteiger partial charge in [0.15, 0.2) is 0 Å². The highest BCUT2D eigenvalue weighted by atomic mass is 32.2. The molecule has 10 heteroatoms. The molecule has 0 spiro atoms. The van der Waals surface area contributed by atoms with Crippen molar-refractivity contribution in [2.45, 2.75) is 31.3 Å². The first-order chi connectivity index (χ1) is 14.8. The molecular formula is C21H25NO8S. The van der Waals surface area contributed by atoms with Gasteiger partial charge >= 0.3 is 11.9 Å². The van der Waals surface area contributed by atoms with E-state index in [1.54, 1.807) is 25.1 Å². The summed E-state index contributed by atoms with van der Waals surface area (Å²) >= 11 is 0. The number of hydrogen-bond donors (Lipinski definition) is 0. The molecule has 0 radical (unpaired) electrons. The summed E-state index contributed by atoms with van der Waals surface area (Å²) in [6, 6.07) is 7.72. The van der Waals surface area contributed by atoms with Crippen molar-refractivity contribution >= 4 is 22.0 Å². The molecule has 0 aliphatic carbocycles. The number of piperidine rings is 1.